The van der Waals surface area contributed by atoms with Crippen molar-refractivity contribution in [1.82, 2.24) is 14.8 Å². The highest BCUT2D eigenvalue weighted by atomic mass is 79.9. The van der Waals surface area contributed by atoms with Gasteiger partial charge in [0.2, 0.25) is 11.1 Å². The molecule has 0 spiro atoms. The molecule has 4 aromatic rings. The number of carbonyl (C=O) groups is 1. The number of rotatable bonds is 9. The van der Waals surface area contributed by atoms with E-state index in [-0.39, 0.29) is 5.78 Å². The average molecular weight is 705 g/mol. The Labute approximate surface area is 258 Å². The van der Waals surface area contributed by atoms with E-state index in [4.69, 9.17) is 31.2 Å². The fraction of sp³-hybridized carbons (Fsp3) is 0.207. The summed E-state index contributed by atoms with van der Waals surface area (Å²) in [5.41, 5.74) is 4.13. The zero-order valence-corrected chi connectivity index (χ0v) is 26.6. The normalized spacial score (nSPS) is 14.5. The lowest BCUT2D eigenvalue weighted by atomic mass is 9.93. The highest BCUT2D eigenvalue weighted by Gasteiger charge is 2.34. The summed E-state index contributed by atoms with van der Waals surface area (Å²) in [7, 11) is 1.59. The summed E-state index contributed by atoms with van der Waals surface area (Å²) in [6.45, 7) is 3.79. The Balaban J connectivity index is 1.49. The molecule has 11 heteroatoms. The number of benzene rings is 3. The molecule has 7 nitrogen and oxygen atoms in total. The minimum Gasteiger partial charge on any atom is -0.493 e. The van der Waals surface area contributed by atoms with Crippen LogP contribution in [0.15, 0.2) is 86.0 Å². The van der Waals surface area contributed by atoms with E-state index in [0.29, 0.717) is 50.0 Å². The van der Waals surface area contributed by atoms with Gasteiger partial charge in [0.1, 0.15) is 12.6 Å². The van der Waals surface area contributed by atoms with Crippen molar-refractivity contribution in [2.45, 2.75) is 37.4 Å². The number of allylic oxidation sites excluding steroid dienone is 2. The molecular formula is C29H25Br2ClN4O3S. The van der Waals surface area contributed by atoms with E-state index in [2.05, 4.69) is 37.2 Å². The molecule has 40 heavy (non-hydrogen) atoms. The van der Waals surface area contributed by atoms with Gasteiger partial charge in [-0.2, -0.15) is 4.98 Å². The summed E-state index contributed by atoms with van der Waals surface area (Å²) in [5, 5.41) is 9.33. The van der Waals surface area contributed by atoms with E-state index in [9.17, 15) is 4.79 Å². The number of carbonyl (C=O) groups excluding carboxylic acids is 1. The predicted molar refractivity (Wildman–Crippen MR) is 165 cm³/mol. The molecule has 0 saturated carbocycles. The van der Waals surface area contributed by atoms with E-state index >= 15 is 0 Å². The van der Waals surface area contributed by atoms with Crippen molar-refractivity contribution in [3.63, 3.8) is 0 Å². The monoisotopic (exact) mass is 702 g/mol. The third kappa shape index (κ3) is 6.10. The summed E-state index contributed by atoms with van der Waals surface area (Å²) in [6, 6.07) is 18.9. The summed E-state index contributed by atoms with van der Waals surface area (Å²) in [6.07, 6.45) is 0. The standard InChI is InChI=1S/C29H25Br2ClN4O3S/c1-16-25(17(2)37)26(36-28(33-16)34-29(35-36)40-15-19-8-4-5-10-23(19)32)20-12-22(31)27(24(13-20)38-3)39-14-18-7-6-9-21(30)11-18/h4-13,26H,14-15H2,1-3H3,(H,33,34,35). The molecule has 0 saturated heterocycles. The molecule has 1 unspecified atom stereocenters. The Morgan fingerprint density at radius 2 is 1.95 bits per heavy atom. The summed E-state index contributed by atoms with van der Waals surface area (Å²) >= 11 is 15.0. The van der Waals surface area contributed by atoms with E-state index in [1.165, 1.54) is 11.8 Å². The molecule has 5 rings (SSSR count). The molecule has 0 radical (unpaired) electrons. The number of ether oxygens (including phenoxy) is 2. The summed E-state index contributed by atoms with van der Waals surface area (Å²) < 4.78 is 15.3. The van der Waals surface area contributed by atoms with E-state index in [1.54, 1.807) is 18.7 Å². The second-order valence-electron chi connectivity index (χ2n) is 9.12. The first kappa shape index (κ1) is 28.7. The molecule has 1 aliphatic heterocycles. The first-order valence-corrected chi connectivity index (χ1v) is 15.3. The lowest BCUT2D eigenvalue weighted by Gasteiger charge is -2.28. The zero-order chi connectivity index (χ0) is 28.4. The summed E-state index contributed by atoms with van der Waals surface area (Å²) in [5.74, 6) is 2.21. The third-order valence-electron chi connectivity index (χ3n) is 6.37. The number of hydrogen-bond acceptors (Lipinski definition) is 7. The van der Waals surface area contributed by atoms with E-state index in [1.807, 2.05) is 67.6 Å². The van der Waals surface area contributed by atoms with Crippen LogP contribution in [0.1, 0.15) is 36.6 Å². The van der Waals surface area contributed by atoms with Gasteiger partial charge in [-0.15, -0.1) is 5.10 Å². The maximum absolute atomic E-state index is 12.9. The lowest BCUT2D eigenvalue weighted by Crippen LogP contribution is -2.28. The number of halogens is 3. The molecule has 1 aromatic heterocycles. The van der Waals surface area contributed by atoms with Gasteiger partial charge in [-0.05, 0) is 76.8 Å². The highest BCUT2D eigenvalue weighted by molar-refractivity contribution is 9.10. The maximum Gasteiger partial charge on any atom is 0.227 e. The smallest absolute Gasteiger partial charge is 0.227 e. The average Bonchev–Trinajstić information content (AvgIpc) is 3.33. The number of methoxy groups -OCH3 is 1. The van der Waals surface area contributed by atoms with Crippen molar-refractivity contribution < 1.29 is 14.3 Å². The molecule has 206 valence electrons. The first-order valence-electron chi connectivity index (χ1n) is 12.3. The van der Waals surface area contributed by atoms with Gasteiger partial charge in [-0.1, -0.05) is 69.6 Å². The number of aromatic nitrogens is 3. The van der Waals surface area contributed by atoms with Gasteiger partial charge >= 0.3 is 0 Å². The quantitative estimate of drug-likeness (QED) is 0.176. The number of anilines is 1. The molecule has 0 bridgehead atoms. The second-order valence-corrected chi connectivity index (χ2v) is 12.2. The maximum atomic E-state index is 12.9. The topological polar surface area (TPSA) is 78.3 Å². The van der Waals surface area contributed by atoms with Crippen LogP contribution in [0.3, 0.4) is 0 Å². The Morgan fingerprint density at radius 3 is 2.67 bits per heavy atom. The van der Waals surface area contributed by atoms with Gasteiger partial charge in [0.25, 0.3) is 0 Å². The minimum absolute atomic E-state index is 0.0634. The third-order valence-corrected chi connectivity index (χ3v) is 8.70. The fourth-order valence-corrected chi connectivity index (χ4v) is 6.67. The Kier molecular flexibility index (Phi) is 8.89. The number of hydrogen-bond donors (Lipinski definition) is 1. The zero-order valence-electron chi connectivity index (χ0n) is 21.9. The van der Waals surface area contributed by atoms with Crippen LogP contribution in [0, 0.1) is 0 Å². The molecule has 1 aliphatic rings. The van der Waals surface area contributed by atoms with Gasteiger partial charge in [0.15, 0.2) is 17.3 Å². The van der Waals surface area contributed by atoms with Gasteiger partial charge < -0.3 is 14.8 Å². The van der Waals surface area contributed by atoms with Crippen molar-refractivity contribution in [2.75, 3.05) is 12.4 Å². The number of fused-ring (bicyclic) bond motifs is 1. The Hall–Kier alpha value is -2.79. The Bertz CT molecular complexity index is 1620. The SMILES string of the molecule is COc1cc(C2C(C(C)=O)=C(C)Nc3nc(SCc4ccccc4Cl)nn32)cc(Br)c1OCc1cccc(Br)c1. The van der Waals surface area contributed by atoms with Crippen molar-refractivity contribution in [2.24, 2.45) is 0 Å². The van der Waals surface area contributed by atoms with Crippen molar-refractivity contribution in [3.8, 4) is 11.5 Å². The van der Waals surface area contributed by atoms with E-state index in [0.717, 1.165) is 26.9 Å². The van der Waals surface area contributed by atoms with Crippen LogP contribution in [0.25, 0.3) is 0 Å². The van der Waals surface area contributed by atoms with Gasteiger partial charge in [-0.3, -0.25) is 4.79 Å². The number of nitrogens with zero attached hydrogens (tertiary/aromatic N) is 3. The Morgan fingerprint density at radius 1 is 1.15 bits per heavy atom. The molecular weight excluding hydrogens is 680 g/mol. The van der Waals surface area contributed by atoms with Crippen molar-refractivity contribution in [1.29, 1.82) is 0 Å². The number of thioether (sulfide) groups is 1. The summed E-state index contributed by atoms with van der Waals surface area (Å²) in [4.78, 5) is 17.6. The van der Waals surface area contributed by atoms with Crippen molar-refractivity contribution in [3.05, 3.63) is 103 Å². The van der Waals surface area contributed by atoms with E-state index < -0.39 is 6.04 Å². The molecule has 2 heterocycles. The van der Waals surface area contributed by atoms with Crippen LogP contribution in [-0.4, -0.2) is 27.7 Å². The van der Waals surface area contributed by atoms with Crippen LogP contribution in [0.2, 0.25) is 5.02 Å². The number of ketones is 1. The lowest BCUT2D eigenvalue weighted by molar-refractivity contribution is -0.114. The van der Waals surface area contributed by atoms with Gasteiger partial charge in [0, 0.05) is 26.5 Å². The van der Waals surface area contributed by atoms with Crippen LogP contribution in [0.4, 0.5) is 5.95 Å². The molecule has 1 atom stereocenters. The van der Waals surface area contributed by atoms with Crippen LogP contribution in [0.5, 0.6) is 11.5 Å². The molecule has 0 amide bonds. The molecule has 0 aliphatic carbocycles. The largest absolute Gasteiger partial charge is 0.493 e. The van der Waals surface area contributed by atoms with Crippen molar-refractivity contribution >= 4 is 67.0 Å². The molecule has 1 N–H and O–H groups in total. The molecule has 0 fully saturated rings. The van der Waals surface area contributed by atoms with Gasteiger partial charge in [-0.25, -0.2) is 4.68 Å². The van der Waals surface area contributed by atoms with Gasteiger partial charge in [0.05, 0.1) is 11.6 Å². The van der Waals surface area contributed by atoms with Crippen LogP contribution >= 0.6 is 55.2 Å². The minimum atomic E-state index is -0.514. The number of nitrogens with one attached hydrogen (secondary N) is 1. The second kappa shape index (κ2) is 12.4. The number of Topliss-reactive ketones (excluding diaryl/α,β-unsaturated/α-hetero) is 1. The predicted octanol–water partition coefficient (Wildman–Crippen LogP) is 8.21. The van der Waals surface area contributed by atoms with Crippen LogP contribution in [-0.2, 0) is 17.2 Å². The molecule has 3 aromatic carbocycles. The first-order chi connectivity index (χ1) is 19.2. The van der Waals surface area contributed by atoms with Crippen LogP contribution < -0.4 is 14.8 Å². The highest BCUT2D eigenvalue weighted by Crippen LogP contribution is 2.43. The fourth-order valence-electron chi connectivity index (χ4n) is 4.53.